The van der Waals surface area contributed by atoms with Gasteiger partial charge < -0.3 is 10.3 Å². The van der Waals surface area contributed by atoms with E-state index in [0.717, 1.165) is 36.6 Å². The fourth-order valence-corrected chi connectivity index (χ4v) is 4.82. The molecule has 2 aromatic carbocycles. The number of halogens is 4. The number of benzene rings is 2. The van der Waals surface area contributed by atoms with Crippen molar-refractivity contribution in [3.8, 4) is 11.1 Å². The molecule has 5 aromatic rings. The van der Waals surface area contributed by atoms with Crippen molar-refractivity contribution < 1.29 is 30.8 Å². The Labute approximate surface area is 225 Å². The second kappa shape index (κ2) is 10.5. The van der Waals surface area contributed by atoms with Crippen LogP contribution in [0, 0.1) is 23.3 Å². The molecule has 40 heavy (non-hydrogen) atoms. The van der Waals surface area contributed by atoms with E-state index in [1.165, 1.54) is 30.9 Å². The average Bonchev–Trinajstić information content (AvgIpc) is 3.35. The van der Waals surface area contributed by atoms with Crippen LogP contribution in [0.5, 0.6) is 0 Å². The normalized spacial score (nSPS) is 11.6. The van der Waals surface area contributed by atoms with E-state index < -0.39 is 44.5 Å². The Morgan fingerprint density at radius 1 is 0.950 bits per heavy atom. The van der Waals surface area contributed by atoms with Crippen molar-refractivity contribution in [2.75, 3.05) is 18.1 Å². The Balaban J connectivity index is 1.45. The number of carbonyl (C=O) groups excluding carboxylic acids is 1. The average molecular weight is 569 g/mol. The minimum absolute atomic E-state index is 0.00989. The maximum atomic E-state index is 15.4. The fraction of sp³-hybridized carbons (Fsp3) is 0.107. The van der Waals surface area contributed by atoms with Crippen LogP contribution in [0.3, 0.4) is 0 Å². The zero-order chi connectivity index (χ0) is 28.6. The van der Waals surface area contributed by atoms with Gasteiger partial charge in [-0.3, -0.25) is 9.78 Å². The van der Waals surface area contributed by atoms with Crippen molar-refractivity contribution in [3.63, 3.8) is 0 Å². The second-order valence-corrected chi connectivity index (χ2v) is 11.0. The van der Waals surface area contributed by atoms with Crippen LogP contribution in [0.2, 0.25) is 0 Å². The number of anilines is 1. The summed E-state index contributed by atoms with van der Waals surface area (Å²) in [7, 11) is -3.53. The van der Waals surface area contributed by atoms with Crippen LogP contribution in [0.25, 0.3) is 22.2 Å². The molecule has 0 aliphatic rings. The smallest absolute Gasteiger partial charge is 0.201 e. The molecule has 0 unspecified atom stereocenters. The van der Waals surface area contributed by atoms with Gasteiger partial charge in [-0.15, -0.1) is 0 Å². The van der Waals surface area contributed by atoms with Gasteiger partial charge >= 0.3 is 0 Å². The maximum absolute atomic E-state index is 15.4. The molecule has 0 bridgehead atoms. The number of nitrogens with zero attached hydrogens (tertiary/aromatic N) is 2. The molecular formula is C28H20F4N4O3S. The van der Waals surface area contributed by atoms with Crippen LogP contribution in [0.15, 0.2) is 72.1 Å². The largest absolute Gasteiger partial charge is 0.382 e. The Bertz CT molecular complexity index is 1890. The van der Waals surface area contributed by atoms with Gasteiger partial charge in [0.1, 0.15) is 23.1 Å². The molecule has 12 heteroatoms. The molecule has 0 saturated heterocycles. The zero-order valence-corrected chi connectivity index (χ0v) is 21.6. The summed E-state index contributed by atoms with van der Waals surface area (Å²) in [6, 6.07) is 7.99. The number of sulfone groups is 1. The summed E-state index contributed by atoms with van der Waals surface area (Å²) in [6.45, 7) is -0.0164. The number of fused-ring (bicyclic) bond motifs is 1. The molecular weight excluding hydrogens is 548 g/mol. The molecule has 7 nitrogen and oxygen atoms in total. The molecule has 0 atom stereocenters. The topological polar surface area (TPSA) is 105 Å². The third-order valence-electron chi connectivity index (χ3n) is 6.29. The number of aromatic amines is 1. The number of carbonyl (C=O) groups is 1. The number of ketones is 1. The Kier molecular flexibility index (Phi) is 7.11. The van der Waals surface area contributed by atoms with Gasteiger partial charge in [-0.05, 0) is 54.4 Å². The van der Waals surface area contributed by atoms with Crippen LogP contribution in [0.1, 0.15) is 21.5 Å². The number of aromatic nitrogens is 3. The molecule has 0 aliphatic carbocycles. The predicted octanol–water partition coefficient (Wildman–Crippen LogP) is 5.47. The van der Waals surface area contributed by atoms with Crippen molar-refractivity contribution in [2.45, 2.75) is 11.3 Å². The molecule has 0 aliphatic heterocycles. The van der Waals surface area contributed by atoms with Crippen molar-refractivity contribution in [1.82, 2.24) is 15.0 Å². The summed E-state index contributed by atoms with van der Waals surface area (Å²) in [4.78, 5) is 24.4. The summed E-state index contributed by atoms with van der Waals surface area (Å²) in [5.74, 6) is -4.43. The summed E-state index contributed by atoms with van der Waals surface area (Å²) >= 11 is 0. The fourth-order valence-electron chi connectivity index (χ4n) is 4.23. The number of hydrogen-bond donors (Lipinski definition) is 2. The van der Waals surface area contributed by atoms with Gasteiger partial charge in [0.15, 0.2) is 15.7 Å². The van der Waals surface area contributed by atoms with E-state index in [1.807, 2.05) is 0 Å². The molecule has 5 rings (SSSR count). The lowest BCUT2D eigenvalue weighted by Crippen LogP contribution is -2.12. The highest BCUT2D eigenvalue weighted by atomic mass is 32.2. The Hall–Kier alpha value is -4.58. The molecule has 0 saturated carbocycles. The molecule has 0 amide bonds. The number of pyridine rings is 2. The van der Waals surface area contributed by atoms with Crippen LogP contribution in [-0.2, 0) is 16.3 Å². The van der Waals surface area contributed by atoms with Gasteiger partial charge in [0, 0.05) is 59.7 Å². The minimum atomic E-state index is -3.53. The van der Waals surface area contributed by atoms with Gasteiger partial charge in [0.05, 0.1) is 16.1 Å². The summed E-state index contributed by atoms with van der Waals surface area (Å²) < 4.78 is 81.4. The van der Waals surface area contributed by atoms with E-state index in [9.17, 15) is 26.4 Å². The lowest BCUT2D eigenvalue weighted by Gasteiger charge is -2.12. The van der Waals surface area contributed by atoms with E-state index in [-0.39, 0.29) is 45.7 Å². The Morgan fingerprint density at radius 3 is 2.48 bits per heavy atom. The molecule has 0 fully saturated rings. The summed E-state index contributed by atoms with van der Waals surface area (Å²) in [5.41, 5.74) is 0.124. The van der Waals surface area contributed by atoms with Gasteiger partial charge in [-0.25, -0.2) is 31.0 Å². The second-order valence-electron chi connectivity index (χ2n) is 9.03. The lowest BCUT2D eigenvalue weighted by atomic mass is 10.00. The lowest BCUT2D eigenvalue weighted by molar-refractivity contribution is 0.103. The van der Waals surface area contributed by atoms with Gasteiger partial charge in [0.25, 0.3) is 0 Å². The molecule has 3 aromatic heterocycles. The highest BCUT2D eigenvalue weighted by Crippen LogP contribution is 2.30. The van der Waals surface area contributed by atoms with E-state index >= 15 is 4.39 Å². The quantitative estimate of drug-likeness (QED) is 0.190. The third kappa shape index (κ3) is 5.30. The first-order valence-electron chi connectivity index (χ1n) is 11.9. The minimum Gasteiger partial charge on any atom is -0.382 e. The first-order valence-corrected chi connectivity index (χ1v) is 13.7. The van der Waals surface area contributed by atoms with Crippen LogP contribution in [0.4, 0.5) is 23.2 Å². The van der Waals surface area contributed by atoms with Crippen LogP contribution in [-0.4, -0.2) is 42.0 Å². The summed E-state index contributed by atoms with van der Waals surface area (Å²) in [6.07, 6.45) is 6.41. The molecule has 0 radical (unpaired) electrons. The molecule has 3 heterocycles. The molecule has 204 valence electrons. The van der Waals surface area contributed by atoms with E-state index in [0.29, 0.717) is 11.1 Å². The number of hydrogen-bond acceptors (Lipinski definition) is 6. The SMILES string of the molecule is CS(=O)(=O)c1cncc(-c2cnc3[nH]cc(C(=O)c4c(F)ccc(NCCc5cc(F)ccc5F)c4F)c3c2)c1. The first-order chi connectivity index (χ1) is 19.0. The Morgan fingerprint density at radius 2 is 1.70 bits per heavy atom. The third-order valence-corrected chi connectivity index (χ3v) is 7.37. The van der Waals surface area contributed by atoms with E-state index in [4.69, 9.17) is 0 Å². The number of H-pyrrole nitrogens is 1. The zero-order valence-electron chi connectivity index (χ0n) is 20.8. The van der Waals surface area contributed by atoms with Crippen molar-refractivity contribution in [3.05, 3.63) is 107 Å². The van der Waals surface area contributed by atoms with E-state index in [1.54, 1.807) is 6.07 Å². The number of rotatable bonds is 8. The predicted molar refractivity (Wildman–Crippen MR) is 141 cm³/mol. The van der Waals surface area contributed by atoms with Gasteiger partial charge in [0.2, 0.25) is 5.78 Å². The molecule has 2 N–H and O–H groups in total. The number of nitrogens with one attached hydrogen (secondary N) is 2. The van der Waals surface area contributed by atoms with Crippen LogP contribution >= 0.6 is 0 Å². The van der Waals surface area contributed by atoms with Crippen LogP contribution < -0.4 is 5.32 Å². The standard InChI is InChI=1S/C28H20F4N4O3S/c1-40(38,39)19-9-16(11-33-13-19)17-10-20-21(14-36-28(20)35-12-17)27(37)25-23(31)4-5-24(26(25)32)34-7-6-15-8-18(29)2-3-22(15)30/h2-5,8-14,34H,6-7H2,1H3,(H,35,36). The highest BCUT2D eigenvalue weighted by molar-refractivity contribution is 7.90. The van der Waals surface area contributed by atoms with Crippen molar-refractivity contribution in [1.29, 1.82) is 0 Å². The maximum Gasteiger partial charge on any atom is 0.201 e. The van der Waals surface area contributed by atoms with Gasteiger partial charge in [-0.1, -0.05) is 0 Å². The summed E-state index contributed by atoms with van der Waals surface area (Å²) in [5, 5.41) is 2.96. The van der Waals surface area contributed by atoms with Gasteiger partial charge in [-0.2, -0.15) is 0 Å². The monoisotopic (exact) mass is 568 g/mol. The van der Waals surface area contributed by atoms with E-state index in [2.05, 4.69) is 20.3 Å². The highest BCUT2D eigenvalue weighted by Gasteiger charge is 2.25. The van der Waals surface area contributed by atoms with Crippen molar-refractivity contribution in [2.24, 2.45) is 0 Å². The molecule has 0 spiro atoms. The van der Waals surface area contributed by atoms with Crippen molar-refractivity contribution >= 4 is 32.3 Å². The first kappa shape index (κ1) is 27.0.